The molecule has 0 spiro atoms. The van der Waals surface area contributed by atoms with E-state index in [0.29, 0.717) is 6.54 Å². The van der Waals surface area contributed by atoms with Gasteiger partial charge in [0.15, 0.2) is 0 Å². The first-order chi connectivity index (χ1) is 6.74. The van der Waals surface area contributed by atoms with Gasteiger partial charge in [0, 0.05) is 6.54 Å². The van der Waals surface area contributed by atoms with Crippen molar-refractivity contribution in [1.82, 2.24) is 5.32 Å². The summed E-state index contributed by atoms with van der Waals surface area (Å²) >= 11 is 0. The SMILES string of the molecule is C=Cc1cccc2c1CN[C@@H]2C(=O)O. The Morgan fingerprint density at radius 2 is 2.43 bits per heavy atom. The van der Waals surface area contributed by atoms with Crippen LogP contribution < -0.4 is 5.32 Å². The predicted octanol–water partition coefficient (Wildman–Crippen LogP) is 1.56. The second-order valence-corrected chi connectivity index (χ2v) is 3.27. The Hall–Kier alpha value is -1.61. The van der Waals surface area contributed by atoms with Gasteiger partial charge in [-0.25, -0.2) is 0 Å². The smallest absolute Gasteiger partial charge is 0.325 e. The lowest BCUT2D eigenvalue weighted by Crippen LogP contribution is -2.21. The molecule has 1 aromatic carbocycles. The highest BCUT2D eigenvalue weighted by Crippen LogP contribution is 2.28. The fraction of sp³-hybridized carbons (Fsp3) is 0.182. The largest absolute Gasteiger partial charge is 0.480 e. The summed E-state index contributed by atoms with van der Waals surface area (Å²) in [4.78, 5) is 10.9. The fourth-order valence-electron chi connectivity index (χ4n) is 1.82. The zero-order valence-electron chi connectivity index (χ0n) is 7.66. The first-order valence-corrected chi connectivity index (χ1v) is 4.44. The van der Waals surface area contributed by atoms with E-state index in [-0.39, 0.29) is 0 Å². The molecule has 0 fully saturated rings. The maximum Gasteiger partial charge on any atom is 0.325 e. The van der Waals surface area contributed by atoms with Crippen LogP contribution in [0.4, 0.5) is 0 Å². The second-order valence-electron chi connectivity index (χ2n) is 3.27. The molecule has 0 radical (unpaired) electrons. The van der Waals surface area contributed by atoms with Gasteiger partial charge in [-0.3, -0.25) is 10.1 Å². The van der Waals surface area contributed by atoms with Gasteiger partial charge >= 0.3 is 5.97 Å². The van der Waals surface area contributed by atoms with Crippen LogP contribution in [-0.2, 0) is 11.3 Å². The Morgan fingerprint density at radius 3 is 3.07 bits per heavy atom. The first kappa shape index (κ1) is 8.97. The van der Waals surface area contributed by atoms with Crippen molar-refractivity contribution in [2.45, 2.75) is 12.6 Å². The van der Waals surface area contributed by atoms with E-state index >= 15 is 0 Å². The average Bonchev–Trinajstić information content (AvgIpc) is 2.60. The average molecular weight is 189 g/mol. The van der Waals surface area contributed by atoms with E-state index in [4.69, 9.17) is 5.11 Å². The number of rotatable bonds is 2. The molecule has 1 aliphatic rings. The van der Waals surface area contributed by atoms with Crippen LogP contribution in [0.2, 0.25) is 0 Å². The standard InChI is InChI=1S/C11H11NO2/c1-2-7-4-3-5-8-9(7)6-12-10(8)11(13)14/h2-5,10,12H,1,6H2,(H,13,14)/t10-/m0/s1. The van der Waals surface area contributed by atoms with Gasteiger partial charge in [0.05, 0.1) is 0 Å². The van der Waals surface area contributed by atoms with E-state index < -0.39 is 12.0 Å². The Kier molecular flexibility index (Phi) is 2.09. The molecule has 72 valence electrons. The molecule has 3 heteroatoms. The monoisotopic (exact) mass is 189 g/mol. The van der Waals surface area contributed by atoms with E-state index in [1.54, 1.807) is 6.08 Å². The molecule has 0 aromatic heterocycles. The molecule has 0 bridgehead atoms. The van der Waals surface area contributed by atoms with Crippen molar-refractivity contribution in [3.05, 3.63) is 41.5 Å². The summed E-state index contributed by atoms with van der Waals surface area (Å²) < 4.78 is 0. The molecule has 2 rings (SSSR count). The van der Waals surface area contributed by atoms with Crippen LogP contribution in [0.5, 0.6) is 0 Å². The number of hydrogen-bond acceptors (Lipinski definition) is 2. The Labute approximate surface area is 82.1 Å². The minimum atomic E-state index is -0.829. The molecule has 14 heavy (non-hydrogen) atoms. The number of hydrogen-bond donors (Lipinski definition) is 2. The van der Waals surface area contributed by atoms with Gasteiger partial charge in [0.1, 0.15) is 6.04 Å². The number of fused-ring (bicyclic) bond motifs is 1. The highest BCUT2D eigenvalue weighted by molar-refractivity contribution is 5.78. The van der Waals surface area contributed by atoms with Crippen LogP contribution in [0.3, 0.4) is 0 Å². The van der Waals surface area contributed by atoms with Gasteiger partial charge in [0.25, 0.3) is 0 Å². The van der Waals surface area contributed by atoms with E-state index in [2.05, 4.69) is 11.9 Å². The number of carbonyl (C=O) groups is 1. The van der Waals surface area contributed by atoms with Gasteiger partial charge < -0.3 is 5.11 Å². The summed E-state index contributed by atoms with van der Waals surface area (Å²) in [5.74, 6) is -0.829. The van der Waals surface area contributed by atoms with Crippen LogP contribution in [0.1, 0.15) is 22.7 Å². The lowest BCUT2D eigenvalue weighted by molar-refractivity contribution is -0.139. The van der Waals surface area contributed by atoms with Crippen LogP contribution in [-0.4, -0.2) is 11.1 Å². The van der Waals surface area contributed by atoms with Gasteiger partial charge in [0.2, 0.25) is 0 Å². The fourth-order valence-corrected chi connectivity index (χ4v) is 1.82. The second kappa shape index (κ2) is 3.27. The Bertz CT molecular complexity index is 398. The van der Waals surface area contributed by atoms with E-state index in [1.807, 2.05) is 18.2 Å². The molecule has 0 amide bonds. The van der Waals surface area contributed by atoms with Crippen molar-refractivity contribution >= 4 is 12.0 Å². The summed E-state index contributed by atoms with van der Waals surface area (Å²) in [7, 11) is 0. The lowest BCUT2D eigenvalue weighted by Gasteiger charge is -2.06. The number of carboxylic acids is 1. The normalized spacial score (nSPS) is 19.0. The summed E-state index contributed by atoms with van der Waals surface area (Å²) in [6, 6.07) is 5.09. The summed E-state index contributed by atoms with van der Waals surface area (Å²) in [5.41, 5.74) is 2.92. The summed E-state index contributed by atoms with van der Waals surface area (Å²) in [6.07, 6.45) is 1.75. The van der Waals surface area contributed by atoms with Crippen LogP contribution in [0, 0.1) is 0 Å². The highest BCUT2D eigenvalue weighted by atomic mass is 16.4. The predicted molar refractivity (Wildman–Crippen MR) is 53.7 cm³/mol. The molecule has 1 aliphatic heterocycles. The Morgan fingerprint density at radius 1 is 1.64 bits per heavy atom. The van der Waals surface area contributed by atoms with E-state index in [9.17, 15) is 4.79 Å². The van der Waals surface area contributed by atoms with Crippen molar-refractivity contribution in [1.29, 1.82) is 0 Å². The molecular formula is C11H11NO2. The van der Waals surface area contributed by atoms with Crippen LogP contribution in [0.25, 0.3) is 6.08 Å². The van der Waals surface area contributed by atoms with Gasteiger partial charge in [-0.1, -0.05) is 30.9 Å². The van der Waals surface area contributed by atoms with Crippen LogP contribution in [0.15, 0.2) is 24.8 Å². The first-order valence-electron chi connectivity index (χ1n) is 4.44. The molecule has 0 unspecified atom stereocenters. The molecule has 2 N–H and O–H groups in total. The maximum absolute atomic E-state index is 10.9. The number of aliphatic carboxylic acids is 1. The minimum Gasteiger partial charge on any atom is -0.480 e. The van der Waals surface area contributed by atoms with Crippen molar-refractivity contribution in [3.8, 4) is 0 Å². The minimum absolute atomic E-state index is 0.565. The summed E-state index contributed by atoms with van der Waals surface area (Å²) in [5, 5.41) is 11.9. The van der Waals surface area contributed by atoms with Crippen molar-refractivity contribution in [2.24, 2.45) is 0 Å². The molecule has 0 aliphatic carbocycles. The molecule has 1 aromatic rings. The van der Waals surface area contributed by atoms with Crippen molar-refractivity contribution < 1.29 is 9.90 Å². The quantitative estimate of drug-likeness (QED) is 0.742. The van der Waals surface area contributed by atoms with Crippen LogP contribution >= 0.6 is 0 Å². The molecular weight excluding hydrogens is 178 g/mol. The third kappa shape index (κ3) is 1.22. The zero-order valence-corrected chi connectivity index (χ0v) is 7.66. The third-order valence-corrected chi connectivity index (χ3v) is 2.51. The topological polar surface area (TPSA) is 49.3 Å². The lowest BCUT2D eigenvalue weighted by atomic mass is 10.00. The van der Waals surface area contributed by atoms with Gasteiger partial charge in [-0.05, 0) is 16.7 Å². The van der Waals surface area contributed by atoms with Gasteiger partial charge in [-0.15, -0.1) is 0 Å². The number of carboxylic acid groups (broad SMARTS) is 1. The third-order valence-electron chi connectivity index (χ3n) is 2.51. The molecule has 1 atom stereocenters. The molecule has 3 nitrogen and oxygen atoms in total. The van der Waals surface area contributed by atoms with Crippen molar-refractivity contribution in [3.63, 3.8) is 0 Å². The maximum atomic E-state index is 10.9. The number of nitrogens with one attached hydrogen (secondary N) is 1. The van der Waals surface area contributed by atoms with E-state index in [1.165, 1.54) is 0 Å². The number of benzene rings is 1. The highest BCUT2D eigenvalue weighted by Gasteiger charge is 2.28. The molecule has 0 saturated heterocycles. The summed E-state index contributed by atoms with van der Waals surface area (Å²) in [6.45, 7) is 4.31. The van der Waals surface area contributed by atoms with Gasteiger partial charge in [-0.2, -0.15) is 0 Å². The van der Waals surface area contributed by atoms with Crippen molar-refractivity contribution in [2.75, 3.05) is 0 Å². The molecule has 0 saturated carbocycles. The zero-order chi connectivity index (χ0) is 10.1. The van der Waals surface area contributed by atoms with E-state index in [0.717, 1.165) is 16.7 Å². The molecule has 1 heterocycles. The Balaban J connectivity index is 2.51.